The lowest BCUT2D eigenvalue weighted by Crippen LogP contribution is -2.21. The molecule has 1 unspecified atom stereocenters. The van der Waals surface area contributed by atoms with E-state index in [4.69, 9.17) is 4.74 Å². The van der Waals surface area contributed by atoms with Gasteiger partial charge in [0.25, 0.3) is 0 Å². The molecule has 110 valence electrons. The summed E-state index contributed by atoms with van der Waals surface area (Å²) in [5, 5.41) is 3.31. The van der Waals surface area contributed by atoms with E-state index in [2.05, 4.69) is 23.5 Å². The Bertz CT molecular complexity index is 654. The first-order chi connectivity index (χ1) is 10.2. The van der Waals surface area contributed by atoms with Crippen LogP contribution < -0.4 is 10.1 Å². The Labute approximate surface area is 125 Å². The van der Waals surface area contributed by atoms with Gasteiger partial charge in [0, 0.05) is 5.56 Å². The van der Waals surface area contributed by atoms with E-state index in [1.807, 2.05) is 20.0 Å². The minimum Gasteiger partial charge on any atom is -0.493 e. The highest BCUT2D eigenvalue weighted by Gasteiger charge is 2.22. The molecule has 0 radical (unpaired) electrons. The predicted molar refractivity (Wildman–Crippen MR) is 82.3 cm³/mol. The Morgan fingerprint density at radius 3 is 2.86 bits per heavy atom. The zero-order valence-corrected chi connectivity index (χ0v) is 12.4. The summed E-state index contributed by atoms with van der Waals surface area (Å²) in [6.07, 6.45) is 2.10. The number of rotatable bonds is 3. The number of ether oxygens (including phenoxy) is 1. The minimum absolute atomic E-state index is 0.0613. The van der Waals surface area contributed by atoms with Gasteiger partial charge in [-0.3, -0.25) is 0 Å². The average Bonchev–Trinajstić information content (AvgIpc) is 2.51. The average molecular weight is 285 g/mol. The van der Waals surface area contributed by atoms with Crippen LogP contribution in [0.4, 0.5) is 4.39 Å². The van der Waals surface area contributed by atoms with Crippen molar-refractivity contribution in [1.29, 1.82) is 0 Å². The first-order valence-corrected chi connectivity index (χ1v) is 7.38. The molecule has 3 rings (SSSR count). The molecular weight excluding hydrogens is 265 g/mol. The van der Waals surface area contributed by atoms with Crippen molar-refractivity contribution in [1.82, 2.24) is 5.32 Å². The normalized spacial score (nSPS) is 15.2. The van der Waals surface area contributed by atoms with Crippen LogP contribution in [0.3, 0.4) is 0 Å². The summed E-state index contributed by atoms with van der Waals surface area (Å²) < 4.78 is 19.5. The van der Waals surface area contributed by atoms with Crippen LogP contribution in [-0.4, -0.2) is 13.7 Å². The Morgan fingerprint density at radius 2 is 2.05 bits per heavy atom. The lowest BCUT2D eigenvalue weighted by molar-refractivity contribution is 0.283. The van der Waals surface area contributed by atoms with Crippen LogP contribution in [0.2, 0.25) is 0 Å². The van der Waals surface area contributed by atoms with Gasteiger partial charge in [-0.15, -0.1) is 0 Å². The molecule has 0 aromatic heterocycles. The van der Waals surface area contributed by atoms with E-state index in [-0.39, 0.29) is 11.9 Å². The quantitative estimate of drug-likeness (QED) is 0.927. The zero-order chi connectivity index (χ0) is 14.8. The van der Waals surface area contributed by atoms with Gasteiger partial charge in [-0.1, -0.05) is 24.3 Å². The largest absolute Gasteiger partial charge is 0.493 e. The molecule has 0 amide bonds. The van der Waals surface area contributed by atoms with Gasteiger partial charge in [-0.2, -0.15) is 0 Å². The molecule has 2 nitrogen and oxygen atoms in total. The first kappa shape index (κ1) is 14.1. The van der Waals surface area contributed by atoms with Crippen molar-refractivity contribution >= 4 is 0 Å². The standard InChI is InChI=1S/C18H20FNO/c1-12-8-9-14(19)11-16(12)17(20-2)15-7-3-5-13-6-4-10-21-18(13)15/h3,5,7-9,11,17,20H,4,6,10H2,1-2H3. The molecule has 0 saturated carbocycles. The monoisotopic (exact) mass is 285 g/mol. The van der Waals surface area contributed by atoms with E-state index in [9.17, 15) is 4.39 Å². The maximum Gasteiger partial charge on any atom is 0.127 e. The smallest absolute Gasteiger partial charge is 0.127 e. The molecule has 0 bridgehead atoms. The third-order valence-electron chi connectivity index (χ3n) is 4.12. The van der Waals surface area contributed by atoms with Crippen LogP contribution in [-0.2, 0) is 6.42 Å². The summed E-state index contributed by atoms with van der Waals surface area (Å²) in [6.45, 7) is 2.76. The van der Waals surface area contributed by atoms with Gasteiger partial charge in [-0.25, -0.2) is 4.39 Å². The number of hydrogen-bond donors (Lipinski definition) is 1. The minimum atomic E-state index is -0.207. The summed E-state index contributed by atoms with van der Waals surface area (Å²) in [7, 11) is 1.90. The topological polar surface area (TPSA) is 21.3 Å². The van der Waals surface area contributed by atoms with Crippen molar-refractivity contribution in [2.75, 3.05) is 13.7 Å². The highest BCUT2D eigenvalue weighted by atomic mass is 19.1. The van der Waals surface area contributed by atoms with Crippen LogP contribution in [0.5, 0.6) is 5.75 Å². The maximum atomic E-state index is 13.6. The lowest BCUT2D eigenvalue weighted by atomic mass is 9.91. The highest BCUT2D eigenvalue weighted by Crippen LogP contribution is 2.36. The summed E-state index contributed by atoms with van der Waals surface area (Å²) in [6, 6.07) is 11.1. The third kappa shape index (κ3) is 2.66. The van der Waals surface area contributed by atoms with E-state index in [0.717, 1.165) is 41.9 Å². The fraction of sp³-hybridized carbons (Fsp3) is 0.333. The molecule has 0 spiro atoms. The van der Waals surface area contributed by atoms with Gasteiger partial charge in [0.15, 0.2) is 0 Å². The molecule has 1 aliphatic rings. The molecule has 0 aliphatic carbocycles. The van der Waals surface area contributed by atoms with Gasteiger partial charge in [0.2, 0.25) is 0 Å². The van der Waals surface area contributed by atoms with Crippen molar-refractivity contribution in [3.05, 3.63) is 64.5 Å². The van der Waals surface area contributed by atoms with E-state index >= 15 is 0 Å². The predicted octanol–water partition coefficient (Wildman–Crippen LogP) is 3.77. The van der Waals surface area contributed by atoms with Crippen molar-refractivity contribution in [3.8, 4) is 5.75 Å². The van der Waals surface area contributed by atoms with Gasteiger partial charge in [0.1, 0.15) is 11.6 Å². The lowest BCUT2D eigenvalue weighted by Gasteiger charge is -2.26. The van der Waals surface area contributed by atoms with Crippen LogP contribution in [0, 0.1) is 12.7 Å². The van der Waals surface area contributed by atoms with E-state index in [0.29, 0.717) is 0 Å². The third-order valence-corrected chi connectivity index (χ3v) is 4.12. The molecule has 1 N–H and O–H groups in total. The second kappa shape index (κ2) is 5.86. The molecule has 2 aromatic carbocycles. The summed E-state index contributed by atoms with van der Waals surface area (Å²) >= 11 is 0. The Morgan fingerprint density at radius 1 is 1.19 bits per heavy atom. The number of para-hydroxylation sites is 1. The number of fused-ring (bicyclic) bond motifs is 1. The number of halogens is 1. The number of hydrogen-bond acceptors (Lipinski definition) is 2. The molecular formula is C18H20FNO. The molecule has 1 aliphatic heterocycles. The highest BCUT2D eigenvalue weighted by molar-refractivity contribution is 5.49. The van der Waals surface area contributed by atoms with Gasteiger partial charge in [-0.05, 0) is 55.6 Å². The first-order valence-electron chi connectivity index (χ1n) is 7.38. The SMILES string of the molecule is CNC(c1cc(F)ccc1C)c1cccc2c1OCCC2. The van der Waals surface area contributed by atoms with Gasteiger partial charge < -0.3 is 10.1 Å². The number of nitrogens with one attached hydrogen (secondary N) is 1. The molecule has 1 atom stereocenters. The van der Waals surface area contributed by atoms with Gasteiger partial charge in [0.05, 0.1) is 12.6 Å². The van der Waals surface area contributed by atoms with E-state index in [1.165, 1.54) is 11.6 Å². The van der Waals surface area contributed by atoms with E-state index in [1.54, 1.807) is 6.07 Å². The Kier molecular flexibility index (Phi) is 3.93. The summed E-state index contributed by atoms with van der Waals surface area (Å²) in [5.74, 6) is 0.758. The second-order valence-corrected chi connectivity index (χ2v) is 5.51. The maximum absolute atomic E-state index is 13.6. The van der Waals surface area contributed by atoms with Crippen LogP contribution >= 0.6 is 0 Å². The number of aryl methyl sites for hydroxylation is 2. The van der Waals surface area contributed by atoms with Crippen molar-refractivity contribution < 1.29 is 9.13 Å². The van der Waals surface area contributed by atoms with Crippen molar-refractivity contribution in [3.63, 3.8) is 0 Å². The van der Waals surface area contributed by atoms with Crippen LogP contribution in [0.15, 0.2) is 36.4 Å². The molecule has 3 heteroatoms. The molecule has 0 fully saturated rings. The Hall–Kier alpha value is -1.87. The molecule has 1 heterocycles. The molecule has 21 heavy (non-hydrogen) atoms. The van der Waals surface area contributed by atoms with E-state index < -0.39 is 0 Å². The fourth-order valence-corrected chi connectivity index (χ4v) is 3.04. The van der Waals surface area contributed by atoms with Crippen LogP contribution in [0.25, 0.3) is 0 Å². The Balaban J connectivity index is 2.10. The van der Waals surface area contributed by atoms with Crippen molar-refractivity contribution in [2.45, 2.75) is 25.8 Å². The summed E-state index contributed by atoms with van der Waals surface area (Å²) in [5.41, 5.74) is 4.36. The number of benzene rings is 2. The summed E-state index contributed by atoms with van der Waals surface area (Å²) in [4.78, 5) is 0. The van der Waals surface area contributed by atoms with Crippen LogP contribution in [0.1, 0.15) is 34.7 Å². The molecule has 2 aromatic rings. The fourth-order valence-electron chi connectivity index (χ4n) is 3.04. The second-order valence-electron chi connectivity index (χ2n) is 5.51. The van der Waals surface area contributed by atoms with Gasteiger partial charge >= 0.3 is 0 Å². The molecule has 0 saturated heterocycles. The van der Waals surface area contributed by atoms with Crippen molar-refractivity contribution in [2.24, 2.45) is 0 Å². The zero-order valence-electron chi connectivity index (χ0n) is 12.4.